The summed E-state index contributed by atoms with van der Waals surface area (Å²) in [5.41, 5.74) is 0. The van der Waals surface area contributed by atoms with E-state index >= 15 is 0 Å². The van der Waals surface area contributed by atoms with Gasteiger partial charge >= 0.3 is 11.9 Å². The number of esters is 2. The van der Waals surface area contributed by atoms with Crippen molar-refractivity contribution < 1.29 is 33.6 Å². The summed E-state index contributed by atoms with van der Waals surface area (Å²) < 4.78 is 20.3. The molecule has 0 radical (unpaired) electrons. The van der Waals surface area contributed by atoms with Crippen LogP contribution < -0.4 is 0 Å². The van der Waals surface area contributed by atoms with Crippen molar-refractivity contribution in [2.45, 2.75) is 51.5 Å². The number of carbonyl (C=O) groups is 2. The van der Waals surface area contributed by atoms with Crippen LogP contribution in [0.1, 0.15) is 20.8 Å². The predicted octanol–water partition coefficient (Wildman–Crippen LogP) is -0.398. The summed E-state index contributed by atoms with van der Waals surface area (Å²) >= 11 is 0. The lowest BCUT2D eigenvalue weighted by molar-refractivity contribution is -0.289. The summed E-state index contributed by atoms with van der Waals surface area (Å²) in [6.45, 7) is 4.09. The van der Waals surface area contributed by atoms with Gasteiger partial charge in [0.25, 0.3) is 0 Å². The van der Waals surface area contributed by atoms with Crippen molar-refractivity contribution in [2.24, 2.45) is 0 Å². The van der Waals surface area contributed by atoms with Crippen LogP contribution in [0.3, 0.4) is 0 Å². The Balaban J connectivity index is 2.88. The minimum Gasteiger partial charge on any atom is -0.457 e. The standard InChI is InChI=1S/C11H18O7/c1-5-8(17-6(2)12)9(15-4)10(11(14)16-5)18-7(3)13/h5,8-11,14H,1-4H3/t5-,8-,9+,10+,11?/m0/s1. The molecule has 0 saturated carbocycles. The lowest BCUT2D eigenvalue weighted by Crippen LogP contribution is -2.59. The van der Waals surface area contributed by atoms with Gasteiger partial charge in [-0.1, -0.05) is 0 Å². The summed E-state index contributed by atoms with van der Waals surface area (Å²) in [6, 6.07) is 0. The second kappa shape index (κ2) is 6.12. The highest BCUT2D eigenvalue weighted by Crippen LogP contribution is 2.26. The van der Waals surface area contributed by atoms with Crippen LogP contribution in [0.5, 0.6) is 0 Å². The van der Waals surface area contributed by atoms with Gasteiger partial charge in [0.2, 0.25) is 0 Å². The number of hydrogen-bond acceptors (Lipinski definition) is 7. The van der Waals surface area contributed by atoms with Crippen molar-refractivity contribution in [3.05, 3.63) is 0 Å². The van der Waals surface area contributed by atoms with Crippen molar-refractivity contribution in [2.75, 3.05) is 7.11 Å². The Morgan fingerprint density at radius 3 is 2.00 bits per heavy atom. The molecule has 1 N–H and O–H groups in total. The van der Waals surface area contributed by atoms with Crippen LogP contribution in [-0.4, -0.2) is 54.9 Å². The average molecular weight is 262 g/mol. The smallest absolute Gasteiger partial charge is 0.303 e. The Labute approximate surface area is 105 Å². The molecule has 0 bridgehead atoms. The summed E-state index contributed by atoms with van der Waals surface area (Å²) in [4.78, 5) is 22.0. The lowest BCUT2D eigenvalue weighted by Gasteiger charge is -2.41. The highest BCUT2D eigenvalue weighted by molar-refractivity contribution is 5.67. The van der Waals surface area contributed by atoms with Gasteiger partial charge in [0.1, 0.15) is 6.10 Å². The van der Waals surface area contributed by atoms with Crippen LogP contribution in [0, 0.1) is 0 Å². The minimum atomic E-state index is -1.32. The molecule has 0 aromatic carbocycles. The second-order valence-electron chi connectivity index (χ2n) is 4.08. The zero-order chi connectivity index (χ0) is 13.9. The number of rotatable bonds is 3. The van der Waals surface area contributed by atoms with E-state index in [2.05, 4.69) is 0 Å². The van der Waals surface area contributed by atoms with Crippen molar-refractivity contribution in [1.29, 1.82) is 0 Å². The van der Waals surface area contributed by atoms with Crippen LogP contribution in [0.25, 0.3) is 0 Å². The first-order chi connectivity index (χ1) is 8.36. The Morgan fingerprint density at radius 1 is 1.06 bits per heavy atom. The van der Waals surface area contributed by atoms with Crippen molar-refractivity contribution in [3.8, 4) is 0 Å². The molecule has 5 atom stereocenters. The molecular formula is C11H18O7. The topological polar surface area (TPSA) is 91.3 Å². The van der Waals surface area contributed by atoms with Gasteiger partial charge in [0.05, 0.1) is 6.10 Å². The average Bonchev–Trinajstić information content (AvgIpc) is 2.24. The quantitative estimate of drug-likeness (QED) is 0.692. The van der Waals surface area contributed by atoms with E-state index < -0.39 is 42.6 Å². The molecule has 1 rings (SSSR count). The van der Waals surface area contributed by atoms with Gasteiger partial charge in [0.15, 0.2) is 18.5 Å². The fraction of sp³-hybridized carbons (Fsp3) is 0.818. The van der Waals surface area contributed by atoms with Crippen LogP contribution in [0.4, 0.5) is 0 Å². The third-order valence-electron chi connectivity index (χ3n) is 2.62. The van der Waals surface area contributed by atoms with E-state index in [0.29, 0.717) is 0 Å². The molecule has 104 valence electrons. The Morgan fingerprint density at radius 2 is 1.56 bits per heavy atom. The van der Waals surface area contributed by atoms with Gasteiger partial charge < -0.3 is 24.1 Å². The molecule has 1 unspecified atom stereocenters. The molecule has 0 spiro atoms. The second-order valence-corrected chi connectivity index (χ2v) is 4.08. The summed E-state index contributed by atoms with van der Waals surface area (Å²) in [5, 5.41) is 9.72. The minimum absolute atomic E-state index is 0.504. The first kappa shape index (κ1) is 14.9. The molecule has 0 aromatic heterocycles. The molecule has 18 heavy (non-hydrogen) atoms. The number of aliphatic hydroxyl groups is 1. The summed E-state index contributed by atoms with van der Waals surface area (Å²) in [5.74, 6) is -1.09. The molecule has 0 amide bonds. The lowest BCUT2D eigenvalue weighted by atomic mass is 9.99. The van der Waals surface area contributed by atoms with E-state index in [-0.39, 0.29) is 0 Å². The molecule has 7 nitrogen and oxygen atoms in total. The van der Waals surface area contributed by atoms with Crippen LogP contribution >= 0.6 is 0 Å². The van der Waals surface area contributed by atoms with Gasteiger partial charge in [-0.2, -0.15) is 0 Å². The highest BCUT2D eigenvalue weighted by Gasteiger charge is 2.47. The number of aliphatic hydroxyl groups excluding tert-OH is 1. The molecule has 1 saturated heterocycles. The zero-order valence-corrected chi connectivity index (χ0v) is 10.8. The van der Waals surface area contributed by atoms with Gasteiger partial charge in [-0.25, -0.2) is 0 Å². The fourth-order valence-electron chi connectivity index (χ4n) is 1.93. The van der Waals surface area contributed by atoms with Gasteiger partial charge in [-0.15, -0.1) is 0 Å². The highest BCUT2D eigenvalue weighted by atomic mass is 16.7. The first-order valence-corrected chi connectivity index (χ1v) is 5.57. The van der Waals surface area contributed by atoms with E-state index in [9.17, 15) is 14.7 Å². The third kappa shape index (κ3) is 3.41. The summed E-state index contributed by atoms with van der Waals surface area (Å²) in [6.07, 6.45) is -4.45. The van der Waals surface area contributed by atoms with Gasteiger partial charge in [-0.3, -0.25) is 9.59 Å². The third-order valence-corrected chi connectivity index (χ3v) is 2.62. The Bertz CT molecular complexity index is 289. The maximum absolute atomic E-state index is 11.0. The van der Waals surface area contributed by atoms with E-state index in [0.717, 1.165) is 0 Å². The Hall–Kier alpha value is -1.18. The maximum atomic E-state index is 11.0. The van der Waals surface area contributed by atoms with Crippen LogP contribution in [0.2, 0.25) is 0 Å². The molecule has 1 aliphatic heterocycles. The van der Waals surface area contributed by atoms with Crippen molar-refractivity contribution in [3.63, 3.8) is 0 Å². The van der Waals surface area contributed by atoms with Gasteiger partial charge in [0, 0.05) is 21.0 Å². The van der Waals surface area contributed by atoms with E-state index in [1.54, 1.807) is 6.92 Å². The van der Waals surface area contributed by atoms with Crippen LogP contribution in [-0.2, 0) is 28.5 Å². The normalized spacial score (nSPS) is 35.9. The Kier molecular flexibility index (Phi) is 5.06. The molecule has 1 fully saturated rings. The van der Waals surface area contributed by atoms with E-state index in [4.69, 9.17) is 18.9 Å². The summed E-state index contributed by atoms with van der Waals surface area (Å²) in [7, 11) is 1.38. The monoisotopic (exact) mass is 262 g/mol. The largest absolute Gasteiger partial charge is 0.457 e. The molecule has 1 aliphatic rings. The van der Waals surface area contributed by atoms with Crippen molar-refractivity contribution >= 4 is 11.9 Å². The maximum Gasteiger partial charge on any atom is 0.303 e. The molecule has 1 heterocycles. The van der Waals surface area contributed by atoms with Crippen LogP contribution in [0.15, 0.2) is 0 Å². The predicted molar refractivity (Wildman–Crippen MR) is 58.5 cm³/mol. The van der Waals surface area contributed by atoms with E-state index in [1.807, 2.05) is 0 Å². The fourth-order valence-corrected chi connectivity index (χ4v) is 1.93. The molecular weight excluding hydrogens is 244 g/mol. The number of carbonyl (C=O) groups excluding carboxylic acids is 2. The molecule has 0 aromatic rings. The van der Waals surface area contributed by atoms with Gasteiger partial charge in [-0.05, 0) is 6.92 Å². The number of methoxy groups -OCH3 is 1. The zero-order valence-electron chi connectivity index (χ0n) is 10.8. The van der Waals surface area contributed by atoms with E-state index in [1.165, 1.54) is 21.0 Å². The number of ether oxygens (including phenoxy) is 4. The first-order valence-electron chi connectivity index (χ1n) is 5.57. The molecule has 0 aliphatic carbocycles. The number of hydrogen-bond donors (Lipinski definition) is 1. The van der Waals surface area contributed by atoms with Crippen molar-refractivity contribution in [1.82, 2.24) is 0 Å². The SMILES string of the molecule is CO[C@@H]1[C@@H](OC(C)=O)[C@H](C)OC(O)[C@@H]1OC(C)=O. The molecule has 7 heteroatoms.